The SMILES string of the molecule is CCCCCc1oc(C)c2c1Oc1ccccc1O2. The van der Waals surface area contributed by atoms with Crippen LogP contribution in [0.1, 0.15) is 37.7 Å². The highest BCUT2D eigenvalue weighted by atomic mass is 16.6. The molecule has 1 aromatic heterocycles. The van der Waals surface area contributed by atoms with Crippen molar-refractivity contribution >= 4 is 0 Å². The Bertz CT molecular complexity index is 584. The summed E-state index contributed by atoms with van der Waals surface area (Å²) < 4.78 is 17.6. The smallest absolute Gasteiger partial charge is 0.211 e. The Labute approximate surface area is 113 Å². The van der Waals surface area contributed by atoms with E-state index >= 15 is 0 Å². The number of aryl methyl sites for hydroxylation is 2. The van der Waals surface area contributed by atoms with Gasteiger partial charge in [-0.05, 0) is 25.5 Å². The molecule has 3 nitrogen and oxygen atoms in total. The molecule has 1 aliphatic rings. The van der Waals surface area contributed by atoms with E-state index in [1.807, 2.05) is 31.2 Å². The normalized spacial score (nSPS) is 12.3. The molecule has 19 heavy (non-hydrogen) atoms. The molecule has 3 heteroatoms. The summed E-state index contributed by atoms with van der Waals surface area (Å²) in [6, 6.07) is 7.69. The Morgan fingerprint density at radius 2 is 1.63 bits per heavy atom. The summed E-state index contributed by atoms with van der Waals surface area (Å²) in [5.41, 5.74) is 0. The van der Waals surface area contributed by atoms with Crippen molar-refractivity contribution in [3.8, 4) is 23.0 Å². The van der Waals surface area contributed by atoms with Gasteiger partial charge in [-0.15, -0.1) is 0 Å². The topological polar surface area (TPSA) is 31.6 Å². The second kappa shape index (κ2) is 5.00. The Balaban J connectivity index is 1.89. The standard InChI is InChI=1S/C16H18O3/c1-3-4-5-10-14-16-15(11(2)17-14)18-12-8-6-7-9-13(12)19-16/h6-9H,3-5,10H2,1-2H3. The number of furan rings is 1. The number of unbranched alkanes of at least 4 members (excludes halogenated alkanes) is 2. The van der Waals surface area contributed by atoms with Crippen LogP contribution in [0.4, 0.5) is 0 Å². The van der Waals surface area contributed by atoms with Gasteiger partial charge in [0, 0.05) is 6.42 Å². The third kappa shape index (κ3) is 2.21. The number of rotatable bonds is 4. The highest BCUT2D eigenvalue weighted by Crippen LogP contribution is 2.50. The molecule has 0 saturated carbocycles. The molecule has 0 aliphatic carbocycles. The number of hydrogen-bond acceptors (Lipinski definition) is 3. The van der Waals surface area contributed by atoms with Crippen LogP contribution in [0.5, 0.6) is 23.0 Å². The van der Waals surface area contributed by atoms with E-state index in [1.165, 1.54) is 12.8 Å². The van der Waals surface area contributed by atoms with Crippen LogP contribution in [0, 0.1) is 6.92 Å². The first-order valence-electron chi connectivity index (χ1n) is 6.86. The largest absolute Gasteiger partial charge is 0.458 e. The van der Waals surface area contributed by atoms with Gasteiger partial charge in [-0.1, -0.05) is 31.9 Å². The second-order valence-corrected chi connectivity index (χ2v) is 4.85. The highest BCUT2D eigenvalue weighted by Gasteiger charge is 2.27. The minimum absolute atomic E-state index is 0.727. The molecule has 0 amide bonds. The second-order valence-electron chi connectivity index (χ2n) is 4.85. The third-order valence-electron chi connectivity index (χ3n) is 3.34. The number of benzene rings is 1. The number of para-hydroxylation sites is 2. The first-order chi connectivity index (χ1) is 9.29. The van der Waals surface area contributed by atoms with Crippen LogP contribution < -0.4 is 9.47 Å². The Kier molecular flexibility index (Phi) is 3.20. The van der Waals surface area contributed by atoms with Crippen molar-refractivity contribution in [2.45, 2.75) is 39.5 Å². The molecule has 100 valence electrons. The van der Waals surface area contributed by atoms with E-state index in [4.69, 9.17) is 13.9 Å². The Hall–Kier alpha value is -1.90. The van der Waals surface area contributed by atoms with Gasteiger partial charge in [0.2, 0.25) is 11.5 Å². The van der Waals surface area contributed by atoms with Gasteiger partial charge < -0.3 is 13.9 Å². The summed E-state index contributed by atoms with van der Waals surface area (Å²) in [5, 5.41) is 0. The van der Waals surface area contributed by atoms with Gasteiger partial charge in [0.05, 0.1) is 0 Å². The molecule has 0 saturated heterocycles. The van der Waals surface area contributed by atoms with Gasteiger partial charge in [0.25, 0.3) is 0 Å². The van der Waals surface area contributed by atoms with Crippen LogP contribution in [-0.4, -0.2) is 0 Å². The van der Waals surface area contributed by atoms with Crippen molar-refractivity contribution in [3.05, 3.63) is 35.8 Å². The van der Waals surface area contributed by atoms with Crippen LogP contribution in [0.25, 0.3) is 0 Å². The third-order valence-corrected chi connectivity index (χ3v) is 3.34. The van der Waals surface area contributed by atoms with Crippen LogP contribution in [0.3, 0.4) is 0 Å². The van der Waals surface area contributed by atoms with Crippen molar-refractivity contribution in [1.29, 1.82) is 0 Å². The fourth-order valence-corrected chi connectivity index (χ4v) is 2.32. The molecule has 0 fully saturated rings. The summed E-state index contributed by atoms with van der Waals surface area (Å²) in [6.07, 6.45) is 4.41. The van der Waals surface area contributed by atoms with Gasteiger partial charge in [0.1, 0.15) is 5.76 Å². The molecule has 2 heterocycles. The van der Waals surface area contributed by atoms with E-state index < -0.39 is 0 Å². The maximum absolute atomic E-state index is 5.94. The molecule has 0 atom stereocenters. The highest BCUT2D eigenvalue weighted by molar-refractivity contribution is 5.57. The van der Waals surface area contributed by atoms with Gasteiger partial charge in [-0.3, -0.25) is 0 Å². The minimum atomic E-state index is 0.727. The lowest BCUT2D eigenvalue weighted by molar-refractivity contribution is 0.358. The lowest BCUT2D eigenvalue weighted by Gasteiger charge is -2.17. The molecule has 0 unspecified atom stereocenters. The average Bonchev–Trinajstić information content (AvgIpc) is 2.73. The lowest BCUT2D eigenvalue weighted by Crippen LogP contribution is -1.98. The van der Waals surface area contributed by atoms with E-state index in [1.54, 1.807) is 0 Å². The summed E-state index contributed by atoms with van der Waals surface area (Å²) >= 11 is 0. The van der Waals surface area contributed by atoms with E-state index in [-0.39, 0.29) is 0 Å². The van der Waals surface area contributed by atoms with Crippen LogP contribution in [0.15, 0.2) is 28.7 Å². The average molecular weight is 258 g/mol. The van der Waals surface area contributed by atoms with E-state index in [0.29, 0.717) is 0 Å². The summed E-state index contributed by atoms with van der Waals surface area (Å²) in [7, 11) is 0. The first-order valence-corrected chi connectivity index (χ1v) is 6.86. The van der Waals surface area contributed by atoms with Crippen molar-refractivity contribution < 1.29 is 13.9 Å². The van der Waals surface area contributed by atoms with Crippen LogP contribution >= 0.6 is 0 Å². The Morgan fingerprint density at radius 3 is 2.32 bits per heavy atom. The van der Waals surface area contributed by atoms with Gasteiger partial charge >= 0.3 is 0 Å². The fraction of sp³-hybridized carbons (Fsp3) is 0.375. The van der Waals surface area contributed by atoms with Crippen molar-refractivity contribution in [3.63, 3.8) is 0 Å². The summed E-state index contributed by atoms with van der Waals surface area (Å²) in [4.78, 5) is 0. The first kappa shape index (κ1) is 12.2. The maximum atomic E-state index is 5.94. The fourth-order valence-electron chi connectivity index (χ4n) is 2.32. The van der Waals surface area contributed by atoms with E-state index in [0.717, 1.165) is 47.4 Å². The molecule has 3 rings (SSSR count). The molecular weight excluding hydrogens is 240 g/mol. The summed E-state index contributed by atoms with van der Waals surface area (Å²) in [5.74, 6) is 4.68. The predicted molar refractivity (Wildman–Crippen MR) is 73.3 cm³/mol. The van der Waals surface area contributed by atoms with Crippen molar-refractivity contribution in [2.75, 3.05) is 0 Å². The van der Waals surface area contributed by atoms with Gasteiger partial charge in [-0.25, -0.2) is 0 Å². The zero-order valence-electron chi connectivity index (χ0n) is 11.4. The molecule has 2 aromatic rings. The Morgan fingerprint density at radius 1 is 0.947 bits per heavy atom. The predicted octanol–water partition coefficient (Wildman–Crippen LogP) is 5.22. The van der Waals surface area contributed by atoms with Gasteiger partial charge in [0.15, 0.2) is 17.3 Å². The maximum Gasteiger partial charge on any atom is 0.211 e. The van der Waals surface area contributed by atoms with Crippen LogP contribution in [0.2, 0.25) is 0 Å². The molecule has 0 spiro atoms. The number of hydrogen-bond donors (Lipinski definition) is 0. The number of ether oxygens (including phenoxy) is 2. The quantitative estimate of drug-likeness (QED) is 0.601. The molecule has 0 N–H and O–H groups in total. The van der Waals surface area contributed by atoms with E-state index in [9.17, 15) is 0 Å². The van der Waals surface area contributed by atoms with E-state index in [2.05, 4.69) is 6.92 Å². The lowest BCUT2D eigenvalue weighted by atomic mass is 10.1. The minimum Gasteiger partial charge on any atom is -0.458 e. The van der Waals surface area contributed by atoms with Crippen LogP contribution in [-0.2, 0) is 6.42 Å². The van der Waals surface area contributed by atoms with Crippen molar-refractivity contribution in [2.24, 2.45) is 0 Å². The zero-order valence-corrected chi connectivity index (χ0v) is 11.4. The van der Waals surface area contributed by atoms with Crippen molar-refractivity contribution in [1.82, 2.24) is 0 Å². The van der Waals surface area contributed by atoms with Gasteiger partial charge in [-0.2, -0.15) is 0 Å². The number of fused-ring (bicyclic) bond motifs is 2. The zero-order chi connectivity index (χ0) is 13.2. The molecule has 0 bridgehead atoms. The monoisotopic (exact) mass is 258 g/mol. The summed E-state index contributed by atoms with van der Waals surface area (Å²) in [6.45, 7) is 4.11. The molecule has 1 aromatic carbocycles. The molecular formula is C16H18O3. The molecule has 1 aliphatic heterocycles. The molecule has 0 radical (unpaired) electrons.